The fourth-order valence-electron chi connectivity index (χ4n) is 3.77. The highest BCUT2D eigenvalue weighted by atomic mass is 16.2. The third-order valence-electron chi connectivity index (χ3n) is 5.85. The van der Waals surface area contributed by atoms with Crippen LogP contribution in [0.3, 0.4) is 0 Å². The van der Waals surface area contributed by atoms with Gasteiger partial charge in [0.15, 0.2) is 0 Å². The fourth-order valence-corrected chi connectivity index (χ4v) is 3.77. The van der Waals surface area contributed by atoms with Gasteiger partial charge in [0.05, 0.1) is 5.54 Å². The highest BCUT2D eigenvalue weighted by molar-refractivity contribution is 5.89. The maximum Gasteiger partial charge on any atom is 0.245 e. The molecule has 1 saturated heterocycles. The van der Waals surface area contributed by atoms with E-state index in [4.69, 9.17) is 11.5 Å². The summed E-state index contributed by atoms with van der Waals surface area (Å²) in [7, 11) is 0. The van der Waals surface area contributed by atoms with Gasteiger partial charge in [0.2, 0.25) is 11.8 Å². The Morgan fingerprint density at radius 2 is 1.75 bits per heavy atom. The molecule has 1 unspecified atom stereocenters. The number of carbonyl (C=O) groups excluding carboxylic acids is 3. The van der Waals surface area contributed by atoms with Crippen molar-refractivity contribution in [3.05, 3.63) is 0 Å². The summed E-state index contributed by atoms with van der Waals surface area (Å²) >= 11 is 0. The van der Waals surface area contributed by atoms with E-state index in [1.807, 2.05) is 6.92 Å². The summed E-state index contributed by atoms with van der Waals surface area (Å²) in [5.41, 5.74) is 10.9. The number of hydrogen-bond donors (Lipinski definition) is 3. The Morgan fingerprint density at radius 3 is 2.21 bits per heavy atom. The van der Waals surface area contributed by atoms with Gasteiger partial charge in [0.25, 0.3) is 0 Å². The molecule has 7 nitrogen and oxygen atoms in total. The molecule has 0 bridgehead atoms. The van der Waals surface area contributed by atoms with Crippen LogP contribution in [-0.2, 0) is 14.4 Å². The van der Waals surface area contributed by atoms with Crippen LogP contribution in [0, 0.1) is 11.8 Å². The minimum atomic E-state index is -0.834. The van der Waals surface area contributed by atoms with Crippen LogP contribution in [0.4, 0.5) is 0 Å². The lowest BCUT2D eigenvalue weighted by molar-refractivity contribution is -0.140. The van der Waals surface area contributed by atoms with Gasteiger partial charge in [-0.15, -0.1) is 0 Å². The first-order chi connectivity index (χ1) is 13.1. The number of piperidine rings is 1. The van der Waals surface area contributed by atoms with Gasteiger partial charge in [-0.05, 0) is 64.3 Å². The first-order valence-electron chi connectivity index (χ1n) is 10.7. The number of nitrogens with one attached hydrogen (secondary N) is 1. The van der Waals surface area contributed by atoms with Gasteiger partial charge in [-0.3, -0.25) is 14.4 Å². The molecule has 1 aliphatic heterocycles. The number of rotatable bonds is 11. The van der Waals surface area contributed by atoms with Gasteiger partial charge in [0.1, 0.15) is 11.8 Å². The van der Waals surface area contributed by atoms with Crippen LogP contribution in [0.5, 0.6) is 0 Å². The van der Waals surface area contributed by atoms with Crippen LogP contribution in [0.25, 0.3) is 0 Å². The molecule has 7 heteroatoms. The van der Waals surface area contributed by atoms with Crippen molar-refractivity contribution in [2.45, 2.75) is 84.2 Å². The molecule has 0 aromatic rings. The molecule has 0 aliphatic carbocycles. The molecule has 0 aromatic heterocycles. The molecule has 0 spiro atoms. The normalized spacial score (nSPS) is 18.6. The lowest BCUT2D eigenvalue weighted by Gasteiger charge is -2.39. The number of likely N-dealkylation sites (tertiary alicyclic amines) is 1. The van der Waals surface area contributed by atoms with E-state index in [0.29, 0.717) is 44.8 Å². The van der Waals surface area contributed by atoms with Gasteiger partial charge in [-0.2, -0.15) is 0 Å². The van der Waals surface area contributed by atoms with Gasteiger partial charge in [0, 0.05) is 19.0 Å². The van der Waals surface area contributed by atoms with Crippen LogP contribution in [-0.4, -0.2) is 53.7 Å². The van der Waals surface area contributed by atoms with Crippen LogP contribution < -0.4 is 16.8 Å². The number of Topliss-reactive ketones (excluding diaryl/α,β-unsaturated/α-hetero) is 1. The summed E-state index contributed by atoms with van der Waals surface area (Å²) < 4.78 is 0. The Hall–Kier alpha value is -1.47. The number of hydrogen-bond acceptors (Lipinski definition) is 5. The maximum atomic E-state index is 13.1. The summed E-state index contributed by atoms with van der Waals surface area (Å²) in [4.78, 5) is 39.3. The molecule has 5 N–H and O–H groups in total. The van der Waals surface area contributed by atoms with Crippen molar-refractivity contribution in [2.75, 3.05) is 19.6 Å². The number of amides is 2. The van der Waals surface area contributed by atoms with E-state index in [9.17, 15) is 14.4 Å². The van der Waals surface area contributed by atoms with Gasteiger partial charge < -0.3 is 21.7 Å². The SMILES string of the molecule is CC[C@H](CC(C)C)C(=O)NC(CCCCN)C(=O)N1CCC(N)(C(C)=O)CC1. The van der Waals surface area contributed by atoms with Crippen LogP contribution in [0.2, 0.25) is 0 Å². The van der Waals surface area contributed by atoms with Crippen molar-refractivity contribution >= 4 is 17.6 Å². The lowest BCUT2D eigenvalue weighted by atomic mass is 9.85. The zero-order valence-corrected chi connectivity index (χ0v) is 18.1. The number of nitrogens with two attached hydrogens (primary N) is 2. The average molecular weight is 397 g/mol. The van der Waals surface area contributed by atoms with Crippen LogP contribution >= 0.6 is 0 Å². The second kappa shape index (κ2) is 11.5. The predicted octanol–water partition coefficient (Wildman–Crippen LogP) is 1.58. The van der Waals surface area contributed by atoms with Crippen LogP contribution in [0.1, 0.15) is 72.6 Å². The molecule has 162 valence electrons. The molecule has 0 saturated carbocycles. The maximum absolute atomic E-state index is 13.1. The van der Waals surface area contributed by atoms with E-state index in [-0.39, 0.29) is 23.5 Å². The highest BCUT2D eigenvalue weighted by Gasteiger charge is 2.38. The van der Waals surface area contributed by atoms with Gasteiger partial charge >= 0.3 is 0 Å². The molecule has 0 radical (unpaired) electrons. The Kier molecular flexibility index (Phi) is 10.1. The number of nitrogens with zero attached hydrogens (tertiary/aromatic N) is 1. The second-order valence-electron chi connectivity index (χ2n) is 8.62. The van der Waals surface area contributed by atoms with E-state index < -0.39 is 11.6 Å². The van der Waals surface area contributed by atoms with Crippen molar-refractivity contribution in [1.82, 2.24) is 10.2 Å². The molecule has 0 aromatic carbocycles. The van der Waals surface area contributed by atoms with E-state index in [1.165, 1.54) is 6.92 Å². The molecule has 2 amide bonds. The summed E-state index contributed by atoms with van der Waals surface area (Å²) in [6.45, 7) is 9.17. The van der Waals surface area contributed by atoms with Crippen molar-refractivity contribution < 1.29 is 14.4 Å². The van der Waals surface area contributed by atoms with E-state index in [2.05, 4.69) is 19.2 Å². The second-order valence-corrected chi connectivity index (χ2v) is 8.62. The molecule has 28 heavy (non-hydrogen) atoms. The largest absolute Gasteiger partial charge is 0.344 e. The van der Waals surface area contributed by atoms with Crippen molar-refractivity contribution in [2.24, 2.45) is 23.3 Å². The Labute approximate surface area is 170 Å². The Morgan fingerprint density at radius 1 is 1.14 bits per heavy atom. The first kappa shape index (κ1) is 24.6. The number of unbranched alkanes of at least 4 members (excludes halogenated alkanes) is 1. The summed E-state index contributed by atoms with van der Waals surface area (Å²) in [6, 6.07) is -0.539. The summed E-state index contributed by atoms with van der Waals surface area (Å²) in [5, 5.41) is 3.00. The average Bonchev–Trinajstić information content (AvgIpc) is 2.65. The van der Waals surface area contributed by atoms with E-state index in [1.54, 1.807) is 4.90 Å². The third kappa shape index (κ3) is 7.17. The summed E-state index contributed by atoms with van der Waals surface area (Å²) in [5.74, 6) is 0.187. The molecule has 1 aliphatic rings. The molecular formula is C21H40N4O3. The third-order valence-corrected chi connectivity index (χ3v) is 5.85. The van der Waals surface area contributed by atoms with Crippen LogP contribution in [0.15, 0.2) is 0 Å². The zero-order valence-electron chi connectivity index (χ0n) is 18.1. The molecular weight excluding hydrogens is 356 g/mol. The Balaban J connectivity index is 2.78. The van der Waals surface area contributed by atoms with E-state index in [0.717, 1.165) is 25.7 Å². The van der Waals surface area contributed by atoms with Gasteiger partial charge in [-0.25, -0.2) is 0 Å². The summed E-state index contributed by atoms with van der Waals surface area (Å²) in [6.07, 6.45) is 4.67. The van der Waals surface area contributed by atoms with E-state index >= 15 is 0 Å². The van der Waals surface area contributed by atoms with Crippen molar-refractivity contribution in [1.29, 1.82) is 0 Å². The standard InChI is InChI=1S/C21H40N4O3/c1-5-17(14-15(2)3)19(27)24-18(8-6-7-11-22)20(28)25-12-9-21(23,10-13-25)16(4)26/h15,17-18H,5-14,22-23H2,1-4H3,(H,24,27)/t17-,18?/m1/s1. The smallest absolute Gasteiger partial charge is 0.245 e. The topological polar surface area (TPSA) is 119 Å². The van der Waals surface area contributed by atoms with Crippen molar-refractivity contribution in [3.63, 3.8) is 0 Å². The fraction of sp³-hybridized carbons (Fsp3) is 0.857. The van der Waals surface area contributed by atoms with Gasteiger partial charge in [-0.1, -0.05) is 20.8 Å². The number of ketones is 1. The number of carbonyl (C=O) groups is 3. The highest BCUT2D eigenvalue weighted by Crippen LogP contribution is 2.22. The lowest BCUT2D eigenvalue weighted by Crippen LogP contribution is -2.58. The van der Waals surface area contributed by atoms with Crippen molar-refractivity contribution in [3.8, 4) is 0 Å². The molecule has 1 heterocycles. The first-order valence-corrected chi connectivity index (χ1v) is 10.7. The minimum absolute atomic E-state index is 0.0353. The monoisotopic (exact) mass is 396 g/mol. The quantitative estimate of drug-likeness (QED) is 0.458. The Bertz CT molecular complexity index is 528. The zero-order chi connectivity index (χ0) is 21.3. The molecule has 1 rings (SSSR count). The minimum Gasteiger partial charge on any atom is -0.344 e. The molecule has 2 atom stereocenters. The predicted molar refractivity (Wildman–Crippen MR) is 111 cm³/mol. The molecule has 1 fully saturated rings.